The fourth-order valence-corrected chi connectivity index (χ4v) is 2.91. The number of halogens is 2. The first-order chi connectivity index (χ1) is 13.0. The molecule has 0 fully saturated rings. The van der Waals surface area contributed by atoms with Crippen LogP contribution < -0.4 is 5.32 Å². The number of anilines is 1. The molecule has 0 saturated carbocycles. The van der Waals surface area contributed by atoms with Crippen LogP contribution >= 0.6 is 15.9 Å². The van der Waals surface area contributed by atoms with Crippen molar-refractivity contribution in [1.82, 2.24) is 19.9 Å². The molecule has 0 atom stereocenters. The van der Waals surface area contributed by atoms with Crippen LogP contribution in [0, 0.1) is 5.82 Å². The molecule has 1 N–H and O–H groups in total. The van der Waals surface area contributed by atoms with Gasteiger partial charge in [-0.15, -0.1) is 0 Å². The maximum absolute atomic E-state index is 13.8. The first kappa shape index (κ1) is 19.2. The van der Waals surface area contributed by atoms with Gasteiger partial charge in [-0.2, -0.15) is 10.1 Å². The summed E-state index contributed by atoms with van der Waals surface area (Å²) in [6.45, 7) is 2.23. The molecule has 3 rings (SSSR count). The molecule has 27 heavy (non-hydrogen) atoms. The summed E-state index contributed by atoms with van der Waals surface area (Å²) < 4.78 is 21.1. The van der Waals surface area contributed by atoms with Crippen molar-refractivity contribution in [3.8, 4) is 0 Å². The number of hydrogen-bond donors (Lipinski definition) is 1. The van der Waals surface area contributed by atoms with Gasteiger partial charge in [0.2, 0.25) is 11.8 Å². The van der Waals surface area contributed by atoms with Crippen LogP contribution in [-0.4, -0.2) is 25.8 Å². The average molecular weight is 436 g/mol. The predicted octanol–water partition coefficient (Wildman–Crippen LogP) is 3.74. The van der Waals surface area contributed by atoms with Crippen LogP contribution in [0.15, 0.2) is 39.5 Å². The highest BCUT2D eigenvalue weighted by molar-refractivity contribution is 9.10. The van der Waals surface area contributed by atoms with E-state index < -0.39 is 0 Å². The lowest BCUT2D eigenvalue weighted by Gasteiger charge is -2.04. The fourth-order valence-electron chi connectivity index (χ4n) is 2.49. The fraction of sp³-hybridized carbons (Fsp3) is 0.333. The summed E-state index contributed by atoms with van der Waals surface area (Å²) in [7, 11) is 0. The van der Waals surface area contributed by atoms with Gasteiger partial charge in [0.15, 0.2) is 11.6 Å². The van der Waals surface area contributed by atoms with Crippen molar-refractivity contribution in [2.75, 3.05) is 5.32 Å². The van der Waals surface area contributed by atoms with Gasteiger partial charge in [-0.05, 0) is 28.4 Å². The summed E-state index contributed by atoms with van der Waals surface area (Å²) in [5.41, 5.74) is 0.524. The number of aromatic nitrogens is 4. The summed E-state index contributed by atoms with van der Waals surface area (Å²) in [5, 5.41) is 10.9. The largest absolute Gasteiger partial charge is 0.339 e. The van der Waals surface area contributed by atoms with Crippen LogP contribution in [0.4, 0.5) is 10.2 Å². The Hall–Kier alpha value is -2.55. The smallest absolute Gasteiger partial charge is 0.226 e. The van der Waals surface area contributed by atoms with Crippen molar-refractivity contribution in [3.63, 3.8) is 0 Å². The zero-order valence-electron chi connectivity index (χ0n) is 14.8. The lowest BCUT2D eigenvalue weighted by molar-refractivity contribution is -0.116. The molecule has 0 aliphatic carbocycles. The van der Waals surface area contributed by atoms with Crippen molar-refractivity contribution in [1.29, 1.82) is 0 Å². The third kappa shape index (κ3) is 5.22. The number of aryl methyl sites for hydroxylation is 2. The highest BCUT2D eigenvalue weighted by Gasteiger charge is 2.12. The molecule has 1 amide bonds. The van der Waals surface area contributed by atoms with Crippen molar-refractivity contribution < 1.29 is 13.7 Å². The Labute approximate surface area is 164 Å². The zero-order chi connectivity index (χ0) is 19.2. The number of nitrogens with zero attached hydrogens (tertiary/aromatic N) is 4. The molecule has 3 aromatic rings. The Morgan fingerprint density at radius 3 is 2.93 bits per heavy atom. The first-order valence-corrected chi connectivity index (χ1v) is 9.42. The number of carbonyl (C=O) groups is 1. The predicted molar refractivity (Wildman–Crippen MR) is 101 cm³/mol. The van der Waals surface area contributed by atoms with Gasteiger partial charge in [0.25, 0.3) is 0 Å². The van der Waals surface area contributed by atoms with Crippen LogP contribution in [0.3, 0.4) is 0 Å². The Morgan fingerprint density at radius 1 is 1.37 bits per heavy atom. The number of nitrogens with one attached hydrogen (secondary N) is 1. The molecule has 2 aromatic heterocycles. The maximum atomic E-state index is 13.8. The highest BCUT2D eigenvalue weighted by atomic mass is 79.9. The monoisotopic (exact) mass is 435 g/mol. The lowest BCUT2D eigenvalue weighted by Crippen LogP contribution is -2.13. The molecule has 142 valence electrons. The maximum Gasteiger partial charge on any atom is 0.226 e. The van der Waals surface area contributed by atoms with Crippen molar-refractivity contribution >= 4 is 27.7 Å². The second kappa shape index (κ2) is 8.90. The minimum absolute atomic E-state index is 0.165. The average Bonchev–Trinajstić information content (AvgIpc) is 3.24. The summed E-state index contributed by atoms with van der Waals surface area (Å²) >= 11 is 3.37. The van der Waals surface area contributed by atoms with E-state index in [1.165, 1.54) is 6.07 Å². The number of rotatable bonds is 8. The zero-order valence-corrected chi connectivity index (χ0v) is 16.4. The third-order valence-corrected chi connectivity index (χ3v) is 4.47. The molecule has 0 radical (unpaired) electrons. The van der Waals surface area contributed by atoms with E-state index in [1.54, 1.807) is 29.1 Å². The van der Waals surface area contributed by atoms with Gasteiger partial charge < -0.3 is 9.84 Å². The molecular formula is C18H19BrFN5O2. The lowest BCUT2D eigenvalue weighted by atomic mass is 10.2. The first-order valence-electron chi connectivity index (χ1n) is 8.62. The molecule has 0 saturated heterocycles. The Morgan fingerprint density at radius 2 is 2.19 bits per heavy atom. The van der Waals surface area contributed by atoms with E-state index in [1.807, 2.05) is 6.92 Å². The molecule has 7 nitrogen and oxygen atoms in total. The van der Waals surface area contributed by atoms with E-state index in [0.29, 0.717) is 53.3 Å². The van der Waals surface area contributed by atoms with Crippen molar-refractivity contribution in [2.24, 2.45) is 0 Å². The molecule has 0 spiro atoms. The van der Waals surface area contributed by atoms with E-state index in [-0.39, 0.29) is 18.3 Å². The molecule has 2 heterocycles. The standard InChI is InChI=1S/C18H19BrFN5O2/c1-2-15-21-17(27-24-15)9-5-8-16(26)22-18-13(19)11-25(23-18)10-12-6-3-4-7-14(12)20/h3-4,6-7,11H,2,5,8-10H2,1H3,(H,22,23,26). The normalized spacial score (nSPS) is 10.9. The Kier molecular flexibility index (Phi) is 6.33. The summed E-state index contributed by atoms with van der Waals surface area (Å²) in [6, 6.07) is 6.52. The van der Waals surface area contributed by atoms with Crippen LogP contribution in [0.5, 0.6) is 0 Å². The molecule has 0 unspecified atom stereocenters. The molecule has 0 bridgehead atoms. The second-order valence-corrected chi connectivity index (χ2v) is 6.83. The molecular weight excluding hydrogens is 417 g/mol. The van der Waals surface area contributed by atoms with E-state index in [0.717, 1.165) is 0 Å². The van der Waals surface area contributed by atoms with Crippen LogP contribution in [0.25, 0.3) is 0 Å². The number of carbonyl (C=O) groups excluding carboxylic acids is 1. The van der Waals surface area contributed by atoms with Crippen molar-refractivity contribution in [3.05, 3.63) is 58.0 Å². The van der Waals surface area contributed by atoms with Crippen LogP contribution in [0.2, 0.25) is 0 Å². The van der Waals surface area contributed by atoms with Crippen molar-refractivity contribution in [2.45, 2.75) is 39.2 Å². The molecule has 1 aromatic carbocycles. The summed E-state index contributed by atoms with van der Waals surface area (Å²) in [4.78, 5) is 16.3. The van der Waals surface area contributed by atoms with Gasteiger partial charge in [-0.3, -0.25) is 9.48 Å². The number of benzene rings is 1. The number of amides is 1. The minimum atomic E-state index is -0.290. The second-order valence-electron chi connectivity index (χ2n) is 5.97. The topological polar surface area (TPSA) is 85.8 Å². The number of hydrogen-bond acceptors (Lipinski definition) is 5. The molecule has 9 heteroatoms. The van der Waals surface area contributed by atoms with Gasteiger partial charge >= 0.3 is 0 Å². The quantitative estimate of drug-likeness (QED) is 0.582. The van der Waals surface area contributed by atoms with Crippen LogP contribution in [0.1, 0.15) is 37.0 Å². The van der Waals surface area contributed by atoms with E-state index in [4.69, 9.17) is 4.52 Å². The molecule has 0 aliphatic rings. The Balaban J connectivity index is 1.52. The summed E-state index contributed by atoms with van der Waals surface area (Å²) in [6.07, 6.45) is 3.85. The highest BCUT2D eigenvalue weighted by Crippen LogP contribution is 2.21. The minimum Gasteiger partial charge on any atom is -0.339 e. The van der Waals surface area contributed by atoms with Gasteiger partial charge in [0, 0.05) is 31.0 Å². The van der Waals surface area contributed by atoms with Gasteiger partial charge in [-0.25, -0.2) is 4.39 Å². The third-order valence-electron chi connectivity index (χ3n) is 3.89. The van der Waals surface area contributed by atoms with E-state index >= 15 is 0 Å². The Bertz CT molecular complexity index is 924. The van der Waals surface area contributed by atoms with Gasteiger partial charge in [-0.1, -0.05) is 30.3 Å². The van der Waals surface area contributed by atoms with E-state index in [9.17, 15) is 9.18 Å². The van der Waals surface area contributed by atoms with Crippen LogP contribution in [-0.2, 0) is 24.2 Å². The van der Waals surface area contributed by atoms with Gasteiger partial charge in [0.05, 0.1) is 11.0 Å². The SMILES string of the molecule is CCc1noc(CCCC(=O)Nc2nn(Cc3ccccc3F)cc2Br)n1. The summed E-state index contributed by atoms with van der Waals surface area (Å²) in [5.74, 6) is 1.15. The van der Waals surface area contributed by atoms with E-state index in [2.05, 4.69) is 36.5 Å². The molecule has 0 aliphatic heterocycles. The van der Waals surface area contributed by atoms with Gasteiger partial charge in [0.1, 0.15) is 5.82 Å².